The number of thioether (sulfide) groups is 1. The van der Waals surface area contributed by atoms with Crippen molar-refractivity contribution in [3.63, 3.8) is 0 Å². The molecule has 1 amide bonds. The van der Waals surface area contributed by atoms with Crippen LogP contribution in [0.25, 0.3) is 0 Å². The van der Waals surface area contributed by atoms with Gasteiger partial charge in [0.05, 0.1) is 32.6 Å². The maximum Gasteiger partial charge on any atom is 0.344 e. The summed E-state index contributed by atoms with van der Waals surface area (Å²) in [6, 6.07) is 4.04. The van der Waals surface area contributed by atoms with Crippen LogP contribution in [0.2, 0.25) is 0 Å². The zero-order valence-electron chi connectivity index (χ0n) is 18.0. The first-order valence-electron chi connectivity index (χ1n) is 9.22. The number of hydrogen-bond donors (Lipinski definition) is 1. The number of aromatic nitrogens is 2. The molecular formula is C20H19N3O8S2. The maximum atomic E-state index is 12.6. The summed E-state index contributed by atoms with van der Waals surface area (Å²) < 4.78 is 26.9. The van der Waals surface area contributed by atoms with Crippen LogP contribution in [-0.4, -0.2) is 43.4 Å². The SMILES string of the molecule is COc1cc(C(=O)Oc2coc(CSc3nnc(NC(C)=O)s3)cc2=O)cc(OC)c1OC. The molecule has 13 heteroatoms. The standard InChI is InChI=1S/C20H19N3O8S2/c1-10(24)21-19-22-23-20(33-19)32-9-12-7-13(25)16(8-30-12)31-18(26)11-5-14(27-2)17(29-4)15(6-11)28-3/h5-8H,9H2,1-4H3,(H,21,22,24). The van der Waals surface area contributed by atoms with E-state index in [1.54, 1.807) is 0 Å². The summed E-state index contributed by atoms with van der Waals surface area (Å²) in [5.41, 5.74) is -0.441. The highest BCUT2D eigenvalue weighted by Gasteiger charge is 2.19. The van der Waals surface area contributed by atoms with Gasteiger partial charge in [-0.2, -0.15) is 0 Å². The fraction of sp³-hybridized carbons (Fsp3) is 0.250. The lowest BCUT2D eigenvalue weighted by Crippen LogP contribution is -2.15. The monoisotopic (exact) mass is 493 g/mol. The van der Waals surface area contributed by atoms with Crippen LogP contribution in [0.5, 0.6) is 23.0 Å². The molecule has 0 aliphatic carbocycles. The van der Waals surface area contributed by atoms with E-state index in [2.05, 4.69) is 15.5 Å². The van der Waals surface area contributed by atoms with Crippen LogP contribution in [0.3, 0.4) is 0 Å². The molecule has 0 fully saturated rings. The minimum atomic E-state index is -0.803. The number of amides is 1. The van der Waals surface area contributed by atoms with Crippen molar-refractivity contribution in [1.82, 2.24) is 10.2 Å². The van der Waals surface area contributed by atoms with Crippen LogP contribution < -0.4 is 29.7 Å². The molecule has 0 spiro atoms. The maximum absolute atomic E-state index is 12.6. The molecular weight excluding hydrogens is 474 g/mol. The van der Waals surface area contributed by atoms with E-state index in [1.807, 2.05) is 0 Å². The number of ether oxygens (including phenoxy) is 4. The topological polar surface area (TPSA) is 139 Å². The van der Waals surface area contributed by atoms with E-state index in [-0.39, 0.29) is 34.5 Å². The fourth-order valence-corrected chi connectivity index (χ4v) is 4.24. The van der Waals surface area contributed by atoms with Crippen molar-refractivity contribution in [1.29, 1.82) is 0 Å². The number of anilines is 1. The van der Waals surface area contributed by atoms with Crippen LogP contribution in [0, 0.1) is 0 Å². The first-order chi connectivity index (χ1) is 15.8. The second-order valence-electron chi connectivity index (χ2n) is 6.22. The van der Waals surface area contributed by atoms with Gasteiger partial charge < -0.3 is 28.7 Å². The average Bonchev–Trinajstić information content (AvgIpc) is 3.24. The number of esters is 1. The van der Waals surface area contributed by atoms with Gasteiger partial charge in [-0.25, -0.2) is 4.79 Å². The van der Waals surface area contributed by atoms with Gasteiger partial charge in [0.15, 0.2) is 15.8 Å². The summed E-state index contributed by atoms with van der Waals surface area (Å²) in [6.07, 6.45) is 1.07. The van der Waals surface area contributed by atoms with Gasteiger partial charge >= 0.3 is 5.97 Å². The molecule has 0 radical (unpaired) electrons. The molecule has 33 heavy (non-hydrogen) atoms. The number of nitrogens with one attached hydrogen (secondary N) is 1. The molecule has 174 valence electrons. The predicted octanol–water partition coefficient (Wildman–Crippen LogP) is 2.99. The Morgan fingerprint density at radius 1 is 1.06 bits per heavy atom. The quantitative estimate of drug-likeness (QED) is 0.267. The summed E-state index contributed by atoms with van der Waals surface area (Å²) >= 11 is 2.46. The van der Waals surface area contributed by atoms with Crippen LogP contribution in [0.4, 0.5) is 5.13 Å². The highest BCUT2D eigenvalue weighted by molar-refractivity contribution is 8.00. The zero-order chi connectivity index (χ0) is 24.0. The van der Waals surface area contributed by atoms with Gasteiger partial charge in [-0.1, -0.05) is 23.1 Å². The van der Waals surface area contributed by atoms with Crippen molar-refractivity contribution in [3.05, 3.63) is 46.0 Å². The molecule has 0 saturated carbocycles. The summed E-state index contributed by atoms with van der Waals surface area (Å²) in [6.45, 7) is 1.37. The van der Waals surface area contributed by atoms with Crippen molar-refractivity contribution in [2.24, 2.45) is 0 Å². The van der Waals surface area contributed by atoms with Crippen LogP contribution in [-0.2, 0) is 10.5 Å². The molecule has 1 N–H and O–H groups in total. The van der Waals surface area contributed by atoms with Crippen molar-refractivity contribution in [2.75, 3.05) is 26.6 Å². The van der Waals surface area contributed by atoms with Crippen molar-refractivity contribution < 1.29 is 33.0 Å². The Morgan fingerprint density at radius 3 is 2.33 bits per heavy atom. The molecule has 0 aliphatic rings. The van der Waals surface area contributed by atoms with E-state index in [4.69, 9.17) is 23.4 Å². The number of carbonyl (C=O) groups is 2. The average molecular weight is 494 g/mol. The van der Waals surface area contributed by atoms with Gasteiger partial charge in [0.2, 0.25) is 28.0 Å². The lowest BCUT2D eigenvalue weighted by atomic mass is 10.2. The number of rotatable bonds is 9. The zero-order valence-corrected chi connectivity index (χ0v) is 19.6. The Balaban J connectivity index is 1.69. The number of hydrogen-bond acceptors (Lipinski definition) is 12. The van der Waals surface area contributed by atoms with E-state index in [0.29, 0.717) is 21.0 Å². The van der Waals surface area contributed by atoms with Gasteiger partial charge in [0.1, 0.15) is 12.0 Å². The minimum absolute atomic E-state index is 0.0924. The van der Waals surface area contributed by atoms with Crippen molar-refractivity contribution >= 4 is 40.1 Å². The van der Waals surface area contributed by atoms with Crippen LogP contribution >= 0.6 is 23.1 Å². The van der Waals surface area contributed by atoms with Gasteiger partial charge in [0.25, 0.3) is 0 Å². The van der Waals surface area contributed by atoms with E-state index < -0.39 is 11.4 Å². The molecule has 0 unspecified atom stereocenters. The molecule has 1 aromatic carbocycles. The summed E-state index contributed by atoms with van der Waals surface area (Å²) in [5.74, 6) is 0.152. The number of carbonyl (C=O) groups excluding carboxylic acids is 2. The Labute approximate surface area is 196 Å². The molecule has 3 aromatic rings. The molecule has 2 heterocycles. The minimum Gasteiger partial charge on any atom is -0.493 e. The highest BCUT2D eigenvalue weighted by atomic mass is 32.2. The third-order valence-electron chi connectivity index (χ3n) is 3.98. The van der Waals surface area contributed by atoms with Crippen molar-refractivity contribution in [2.45, 2.75) is 17.0 Å². The molecule has 11 nitrogen and oxygen atoms in total. The Morgan fingerprint density at radius 2 is 1.76 bits per heavy atom. The smallest absolute Gasteiger partial charge is 0.344 e. The van der Waals surface area contributed by atoms with Crippen LogP contribution in [0.15, 0.2) is 38.0 Å². The lowest BCUT2D eigenvalue weighted by Gasteiger charge is -2.13. The lowest BCUT2D eigenvalue weighted by molar-refractivity contribution is -0.114. The van der Waals surface area contributed by atoms with E-state index in [1.165, 1.54) is 69.6 Å². The highest BCUT2D eigenvalue weighted by Crippen LogP contribution is 2.38. The van der Waals surface area contributed by atoms with Gasteiger partial charge in [-0.05, 0) is 12.1 Å². The van der Waals surface area contributed by atoms with E-state index in [9.17, 15) is 14.4 Å². The Bertz CT molecular complexity index is 1200. The second-order valence-corrected chi connectivity index (χ2v) is 8.42. The first kappa shape index (κ1) is 24.1. The summed E-state index contributed by atoms with van der Waals surface area (Å²) in [4.78, 5) is 36.0. The number of benzene rings is 1. The molecule has 0 atom stereocenters. The van der Waals surface area contributed by atoms with E-state index >= 15 is 0 Å². The predicted molar refractivity (Wildman–Crippen MR) is 120 cm³/mol. The van der Waals surface area contributed by atoms with Gasteiger partial charge in [-0.15, -0.1) is 10.2 Å². The van der Waals surface area contributed by atoms with Crippen LogP contribution in [0.1, 0.15) is 23.0 Å². The number of nitrogens with zero attached hydrogens (tertiary/aromatic N) is 2. The second kappa shape index (κ2) is 10.8. The molecule has 3 rings (SSSR count). The summed E-state index contributed by atoms with van der Waals surface area (Å²) in [7, 11) is 4.27. The third-order valence-corrected chi connectivity index (χ3v) is 5.98. The first-order valence-corrected chi connectivity index (χ1v) is 11.0. The molecule has 2 aromatic heterocycles. The number of methoxy groups -OCH3 is 3. The largest absolute Gasteiger partial charge is 0.493 e. The Kier molecular flexibility index (Phi) is 7.90. The molecule has 0 aliphatic heterocycles. The van der Waals surface area contributed by atoms with Gasteiger partial charge in [0, 0.05) is 13.0 Å². The Hall–Kier alpha value is -3.58. The van der Waals surface area contributed by atoms with Gasteiger partial charge in [-0.3, -0.25) is 9.59 Å². The normalized spacial score (nSPS) is 10.4. The fourth-order valence-electron chi connectivity index (χ4n) is 2.55. The third kappa shape index (κ3) is 6.02. The molecule has 0 saturated heterocycles. The molecule has 0 bridgehead atoms. The summed E-state index contributed by atoms with van der Waals surface area (Å²) in [5, 5.41) is 10.7. The van der Waals surface area contributed by atoms with E-state index in [0.717, 1.165) is 6.26 Å². The van der Waals surface area contributed by atoms with Crippen molar-refractivity contribution in [3.8, 4) is 23.0 Å².